The molecule has 5 aromatic carbocycles. The van der Waals surface area contributed by atoms with Gasteiger partial charge in [-0.2, -0.15) is 0 Å². The first-order chi connectivity index (χ1) is 33.1. The maximum Gasteiger partial charge on any atom is 0.0708 e. The van der Waals surface area contributed by atoms with E-state index in [0.29, 0.717) is 29.9 Å². The van der Waals surface area contributed by atoms with Crippen LogP contribution in [0.5, 0.6) is 0 Å². The SMILES string of the molecule is [2H]C([2H])(c1cc(CC(C)(C)c2ccc(-c3ccccc3)nc2)cc(CC(C)(C)c2ccc(-c3ccccc3)nc2)c1)C([2H])([2H])c1cnc(-c2ccccc2)cc1-c1cc(C2CCCCC2)ccc1C. The van der Waals surface area contributed by atoms with Gasteiger partial charge in [-0.3, -0.25) is 15.0 Å². The predicted molar refractivity (Wildman–Crippen MR) is 272 cm³/mol. The lowest BCUT2D eigenvalue weighted by Crippen LogP contribution is -2.23. The molecular weight excluding hydrogens is 787 g/mol. The number of benzene rings is 5. The van der Waals surface area contributed by atoms with Gasteiger partial charge in [0.05, 0.1) is 17.1 Å². The van der Waals surface area contributed by atoms with Crippen LogP contribution in [0.1, 0.15) is 116 Å². The van der Waals surface area contributed by atoms with Gasteiger partial charge in [0, 0.05) is 40.8 Å². The summed E-state index contributed by atoms with van der Waals surface area (Å²) in [6, 6.07) is 53.4. The third kappa shape index (κ3) is 10.4. The van der Waals surface area contributed by atoms with E-state index in [4.69, 9.17) is 15.0 Å². The lowest BCUT2D eigenvalue weighted by Gasteiger charge is -2.28. The third-order valence-electron chi connectivity index (χ3n) is 13.5. The highest BCUT2D eigenvalue weighted by Crippen LogP contribution is 2.38. The molecule has 8 aromatic rings. The minimum absolute atomic E-state index is 0.234. The highest BCUT2D eigenvalue weighted by Gasteiger charge is 2.26. The fraction of sp³-hybridized carbons (Fsp3) is 0.274. The topological polar surface area (TPSA) is 38.7 Å². The second kappa shape index (κ2) is 19.3. The summed E-state index contributed by atoms with van der Waals surface area (Å²) >= 11 is 0. The fourth-order valence-electron chi connectivity index (χ4n) is 9.72. The molecule has 1 aliphatic rings. The van der Waals surface area contributed by atoms with Crippen LogP contribution < -0.4 is 0 Å². The molecule has 0 bridgehead atoms. The molecular formula is C62H63N3. The van der Waals surface area contributed by atoms with Crippen LogP contribution in [0.2, 0.25) is 0 Å². The molecule has 3 heteroatoms. The summed E-state index contributed by atoms with van der Waals surface area (Å²) in [4.78, 5) is 14.6. The summed E-state index contributed by atoms with van der Waals surface area (Å²) < 4.78 is 40.3. The second-order valence-corrected chi connectivity index (χ2v) is 19.4. The van der Waals surface area contributed by atoms with E-state index in [1.54, 1.807) is 6.20 Å². The van der Waals surface area contributed by atoms with Crippen LogP contribution in [0.15, 0.2) is 176 Å². The first kappa shape index (κ1) is 39.0. The van der Waals surface area contributed by atoms with Gasteiger partial charge in [-0.05, 0) is 136 Å². The molecule has 1 aliphatic carbocycles. The Balaban J connectivity index is 1.13. The molecule has 3 heterocycles. The fourth-order valence-corrected chi connectivity index (χ4v) is 9.72. The molecule has 0 atom stereocenters. The molecule has 0 amide bonds. The van der Waals surface area contributed by atoms with Crippen LogP contribution in [0.4, 0.5) is 0 Å². The Morgan fingerprint density at radius 1 is 0.477 bits per heavy atom. The van der Waals surface area contributed by atoms with Gasteiger partial charge in [-0.25, -0.2) is 0 Å². The van der Waals surface area contributed by atoms with E-state index in [9.17, 15) is 5.48 Å². The highest BCUT2D eigenvalue weighted by atomic mass is 14.7. The van der Waals surface area contributed by atoms with Gasteiger partial charge in [0.2, 0.25) is 0 Å². The van der Waals surface area contributed by atoms with Crippen molar-refractivity contribution in [1.29, 1.82) is 0 Å². The summed E-state index contributed by atoms with van der Waals surface area (Å²) in [7, 11) is 0. The zero-order valence-corrected chi connectivity index (χ0v) is 38.6. The van der Waals surface area contributed by atoms with Crippen LogP contribution in [0.25, 0.3) is 44.9 Å². The molecule has 0 radical (unpaired) electrons. The molecule has 326 valence electrons. The molecule has 0 aliphatic heterocycles. The Labute approximate surface area is 393 Å². The van der Waals surface area contributed by atoms with Crippen molar-refractivity contribution in [3.8, 4) is 44.9 Å². The van der Waals surface area contributed by atoms with Crippen molar-refractivity contribution >= 4 is 0 Å². The van der Waals surface area contributed by atoms with E-state index in [1.807, 2.05) is 97.3 Å². The number of hydrogen-bond donors (Lipinski definition) is 0. The van der Waals surface area contributed by atoms with Gasteiger partial charge in [0.25, 0.3) is 0 Å². The van der Waals surface area contributed by atoms with Crippen LogP contribution in [0, 0.1) is 6.92 Å². The summed E-state index contributed by atoms with van der Waals surface area (Å²) in [6.07, 6.45) is 7.64. The van der Waals surface area contributed by atoms with Crippen molar-refractivity contribution in [3.05, 3.63) is 221 Å². The number of nitrogens with zero attached hydrogens (tertiary/aromatic N) is 3. The normalized spacial score (nSPS) is 14.8. The molecule has 1 fully saturated rings. The number of aromatic nitrogens is 3. The smallest absolute Gasteiger partial charge is 0.0708 e. The minimum Gasteiger partial charge on any atom is -0.256 e. The molecule has 65 heavy (non-hydrogen) atoms. The average Bonchev–Trinajstić information content (AvgIpc) is 3.37. The van der Waals surface area contributed by atoms with Gasteiger partial charge in [0.1, 0.15) is 0 Å². The largest absolute Gasteiger partial charge is 0.256 e. The maximum atomic E-state index is 10.1. The number of hydrogen-bond acceptors (Lipinski definition) is 3. The van der Waals surface area contributed by atoms with Crippen molar-refractivity contribution in [2.45, 2.75) is 109 Å². The van der Waals surface area contributed by atoms with Gasteiger partial charge in [0.15, 0.2) is 0 Å². The van der Waals surface area contributed by atoms with Crippen molar-refractivity contribution < 1.29 is 5.48 Å². The Morgan fingerprint density at radius 2 is 0.969 bits per heavy atom. The molecule has 0 saturated heterocycles. The van der Waals surface area contributed by atoms with Gasteiger partial charge in [-0.15, -0.1) is 0 Å². The molecule has 0 unspecified atom stereocenters. The average molecular weight is 854 g/mol. The Kier molecular flexibility index (Phi) is 11.6. The predicted octanol–water partition coefficient (Wildman–Crippen LogP) is 15.7. The van der Waals surface area contributed by atoms with Crippen molar-refractivity contribution in [2.75, 3.05) is 0 Å². The highest BCUT2D eigenvalue weighted by molar-refractivity contribution is 5.76. The standard InChI is InChI=1S/C62H63N3/c1-44-26-28-52(48-18-10-6-11-19-48)37-56(44)57-38-60(51-24-16-9-17-25-51)63-41-53(57)29-27-45-34-46(39-61(2,3)54-30-32-58(64-42-54)49-20-12-7-13-21-49)36-47(35-45)40-62(4,5)55-31-33-59(65-43-55)50-22-14-8-15-23-50/h7-9,12-17,20-26,28,30-38,41-43,48H,6,10-11,18-19,27,29,39-40H2,1-5H3/i27D2,29D2. The molecule has 3 aromatic heterocycles. The lowest BCUT2D eigenvalue weighted by atomic mass is 9.77. The maximum absolute atomic E-state index is 10.1. The molecule has 1 saturated carbocycles. The first-order valence-electron chi connectivity index (χ1n) is 25.4. The summed E-state index contributed by atoms with van der Waals surface area (Å²) in [5.74, 6) is 0.449. The quantitative estimate of drug-likeness (QED) is 0.109. The van der Waals surface area contributed by atoms with Crippen molar-refractivity contribution in [3.63, 3.8) is 0 Å². The van der Waals surface area contributed by atoms with Crippen LogP contribution in [-0.2, 0) is 36.4 Å². The van der Waals surface area contributed by atoms with Crippen molar-refractivity contribution in [2.24, 2.45) is 0 Å². The number of pyridine rings is 3. The van der Waals surface area contributed by atoms with Crippen LogP contribution in [0.3, 0.4) is 0 Å². The first-order valence-corrected chi connectivity index (χ1v) is 23.4. The molecule has 0 spiro atoms. The summed E-state index contributed by atoms with van der Waals surface area (Å²) in [5.41, 5.74) is 13.2. The Morgan fingerprint density at radius 3 is 1.48 bits per heavy atom. The number of aryl methyl sites for hydroxylation is 3. The lowest BCUT2D eigenvalue weighted by molar-refractivity contribution is 0.443. The van der Waals surface area contributed by atoms with Crippen LogP contribution >= 0.6 is 0 Å². The van der Waals surface area contributed by atoms with E-state index in [-0.39, 0.29) is 16.4 Å². The van der Waals surface area contributed by atoms with Gasteiger partial charge in [-0.1, -0.05) is 186 Å². The van der Waals surface area contributed by atoms with Gasteiger partial charge < -0.3 is 0 Å². The van der Waals surface area contributed by atoms with Crippen LogP contribution in [-0.4, -0.2) is 15.0 Å². The minimum atomic E-state index is -2.51. The van der Waals surface area contributed by atoms with E-state index in [2.05, 4.69) is 107 Å². The van der Waals surface area contributed by atoms with Crippen molar-refractivity contribution in [1.82, 2.24) is 15.0 Å². The zero-order chi connectivity index (χ0) is 48.4. The van der Waals surface area contributed by atoms with E-state index in [1.165, 1.54) is 24.8 Å². The molecule has 9 rings (SSSR count). The van der Waals surface area contributed by atoms with Gasteiger partial charge >= 0.3 is 0 Å². The Bertz CT molecular complexity index is 2900. The monoisotopic (exact) mass is 854 g/mol. The number of rotatable bonds is 14. The zero-order valence-electron chi connectivity index (χ0n) is 42.6. The van der Waals surface area contributed by atoms with E-state index < -0.39 is 12.7 Å². The third-order valence-corrected chi connectivity index (χ3v) is 13.5. The Hall–Kier alpha value is -6.45. The molecule has 3 nitrogen and oxygen atoms in total. The molecule has 0 N–H and O–H groups in total. The summed E-state index contributed by atoms with van der Waals surface area (Å²) in [5, 5.41) is 0. The summed E-state index contributed by atoms with van der Waals surface area (Å²) in [6.45, 7) is 10.9. The van der Waals surface area contributed by atoms with E-state index >= 15 is 0 Å². The second-order valence-electron chi connectivity index (χ2n) is 19.4. The van der Waals surface area contributed by atoms with E-state index in [0.717, 1.165) is 80.0 Å².